The van der Waals surface area contributed by atoms with E-state index in [0.717, 1.165) is 25.6 Å². The van der Waals surface area contributed by atoms with Crippen molar-refractivity contribution in [2.45, 2.75) is 19.8 Å². The average molecular weight is 256 g/mol. The molecule has 0 aromatic rings. The maximum Gasteiger partial charge on any atom is 0.239 e. The van der Waals surface area contributed by atoms with E-state index >= 15 is 0 Å². The normalized spacial score (nSPS) is 20.4. The molecule has 1 fully saturated rings. The third-order valence-electron chi connectivity index (χ3n) is 3.12. The van der Waals surface area contributed by atoms with Crippen molar-refractivity contribution in [1.29, 1.82) is 0 Å². The van der Waals surface area contributed by atoms with Crippen LogP contribution in [0.3, 0.4) is 0 Å². The lowest BCUT2D eigenvalue weighted by Gasteiger charge is -2.30. The Labute approximate surface area is 108 Å². The first-order chi connectivity index (χ1) is 8.61. The SMILES string of the molecule is CC1CCCN(CCNC(=O)CNC(=O)CN)C1. The van der Waals surface area contributed by atoms with Gasteiger partial charge in [0, 0.05) is 19.6 Å². The Balaban J connectivity index is 2.06. The Bertz CT molecular complexity index is 283. The highest BCUT2D eigenvalue weighted by Crippen LogP contribution is 2.14. The van der Waals surface area contributed by atoms with Crippen molar-refractivity contribution in [2.75, 3.05) is 39.3 Å². The molecular weight excluding hydrogens is 232 g/mol. The average Bonchev–Trinajstić information content (AvgIpc) is 2.36. The standard InChI is InChI=1S/C12H24N4O2/c1-10-3-2-5-16(9-10)6-4-14-12(18)8-15-11(17)7-13/h10H,2-9,13H2,1H3,(H,14,18)(H,15,17). The molecular formula is C12H24N4O2. The molecule has 1 saturated heterocycles. The minimum Gasteiger partial charge on any atom is -0.353 e. The number of nitrogens with two attached hydrogens (primary N) is 1. The zero-order valence-corrected chi connectivity index (χ0v) is 11.1. The molecule has 0 saturated carbocycles. The lowest BCUT2D eigenvalue weighted by Crippen LogP contribution is -2.43. The molecule has 4 N–H and O–H groups in total. The van der Waals surface area contributed by atoms with E-state index in [2.05, 4.69) is 22.5 Å². The van der Waals surface area contributed by atoms with Gasteiger partial charge < -0.3 is 21.3 Å². The summed E-state index contributed by atoms with van der Waals surface area (Å²) in [6.07, 6.45) is 2.54. The molecule has 1 atom stereocenters. The molecule has 0 aromatic heterocycles. The molecule has 0 aromatic carbocycles. The molecule has 18 heavy (non-hydrogen) atoms. The fourth-order valence-electron chi connectivity index (χ4n) is 2.16. The number of hydrogen-bond acceptors (Lipinski definition) is 4. The number of likely N-dealkylation sites (tertiary alicyclic amines) is 1. The van der Waals surface area contributed by atoms with Crippen molar-refractivity contribution in [3.05, 3.63) is 0 Å². The lowest BCUT2D eigenvalue weighted by atomic mass is 10.0. The van der Waals surface area contributed by atoms with Crippen LogP contribution in [0.4, 0.5) is 0 Å². The van der Waals surface area contributed by atoms with Crippen LogP contribution < -0.4 is 16.4 Å². The molecule has 0 bridgehead atoms. The van der Waals surface area contributed by atoms with Crippen LogP contribution in [0.5, 0.6) is 0 Å². The number of nitrogens with one attached hydrogen (secondary N) is 2. The second-order valence-corrected chi connectivity index (χ2v) is 4.88. The summed E-state index contributed by atoms with van der Waals surface area (Å²) in [7, 11) is 0. The fourth-order valence-corrected chi connectivity index (χ4v) is 2.16. The minimum atomic E-state index is -0.310. The molecule has 6 heteroatoms. The second-order valence-electron chi connectivity index (χ2n) is 4.88. The van der Waals surface area contributed by atoms with E-state index < -0.39 is 0 Å². The predicted molar refractivity (Wildman–Crippen MR) is 69.9 cm³/mol. The van der Waals surface area contributed by atoms with Crippen molar-refractivity contribution in [3.8, 4) is 0 Å². The summed E-state index contributed by atoms with van der Waals surface area (Å²) in [5.41, 5.74) is 5.12. The molecule has 1 aliphatic rings. The molecule has 0 spiro atoms. The summed E-state index contributed by atoms with van der Waals surface area (Å²) in [6.45, 7) is 5.91. The van der Waals surface area contributed by atoms with Crippen LogP contribution in [0.2, 0.25) is 0 Å². The summed E-state index contributed by atoms with van der Waals surface area (Å²) in [5, 5.41) is 5.23. The van der Waals surface area contributed by atoms with Crippen molar-refractivity contribution in [1.82, 2.24) is 15.5 Å². The number of amides is 2. The topological polar surface area (TPSA) is 87.5 Å². The molecule has 1 unspecified atom stereocenters. The molecule has 104 valence electrons. The van der Waals surface area contributed by atoms with Gasteiger partial charge in [-0.3, -0.25) is 9.59 Å². The number of carbonyl (C=O) groups excluding carboxylic acids is 2. The van der Waals surface area contributed by atoms with Gasteiger partial charge >= 0.3 is 0 Å². The van der Waals surface area contributed by atoms with Crippen molar-refractivity contribution < 1.29 is 9.59 Å². The Morgan fingerprint density at radius 3 is 2.78 bits per heavy atom. The van der Waals surface area contributed by atoms with Crippen LogP contribution >= 0.6 is 0 Å². The van der Waals surface area contributed by atoms with Gasteiger partial charge in [-0.05, 0) is 25.3 Å². The highest BCUT2D eigenvalue weighted by molar-refractivity contribution is 5.85. The van der Waals surface area contributed by atoms with Gasteiger partial charge in [0.05, 0.1) is 13.1 Å². The number of piperidine rings is 1. The molecule has 0 radical (unpaired) electrons. The number of carbonyl (C=O) groups is 2. The van der Waals surface area contributed by atoms with E-state index in [9.17, 15) is 9.59 Å². The Hall–Kier alpha value is -1.14. The molecule has 1 rings (SSSR count). The highest BCUT2D eigenvalue weighted by atomic mass is 16.2. The van der Waals surface area contributed by atoms with E-state index in [1.54, 1.807) is 0 Å². The van der Waals surface area contributed by atoms with E-state index in [1.807, 2.05) is 0 Å². The Kier molecular flexibility index (Phi) is 6.67. The molecule has 2 amide bonds. The summed E-state index contributed by atoms with van der Waals surface area (Å²) < 4.78 is 0. The maximum absolute atomic E-state index is 11.4. The highest BCUT2D eigenvalue weighted by Gasteiger charge is 2.15. The molecule has 6 nitrogen and oxygen atoms in total. The van der Waals surface area contributed by atoms with Crippen molar-refractivity contribution in [2.24, 2.45) is 11.7 Å². The van der Waals surface area contributed by atoms with Gasteiger partial charge in [-0.2, -0.15) is 0 Å². The third-order valence-corrected chi connectivity index (χ3v) is 3.12. The maximum atomic E-state index is 11.4. The Morgan fingerprint density at radius 1 is 1.33 bits per heavy atom. The lowest BCUT2D eigenvalue weighted by molar-refractivity contribution is -0.125. The first-order valence-corrected chi connectivity index (χ1v) is 6.57. The van der Waals surface area contributed by atoms with Gasteiger partial charge in [-0.25, -0.2) is 0 Å². The van der Waals surface area contributed by atoms with Crippen LogP contribution in [0.25, 0.3) is 0 Å². The summed E-state index contributed by atoms with van der Waals surface area (Å²) in [4.78, 5) is 24.6. The Morgan fingerprint density at radius 2 is 2.11 bits per heavy atom. The summed E-state index contributed by atoms with van der Waals surface area (Å²) in [6, 6.07) is 0. The van der Waals surface area contributed by atoms with E-state index in [-0.39, 0.29) is 24.9 Å². The van der Waals surface area contributed by atoms with Gasteiger partial charge in [0.2, 0.25) is 11.8 Å². The van der Waals surface area contributed by atoms with E-state index in [0.29, 0.717) is 6.54 Å². The van der Waals surface area contributed by atoms with Crippen LogP contribution in [-0.4, -0.2) is 56.0 Å². The monoisotopic (exact) mass is 256 g/mol. The van der Waals surface area contributed by atoms with Crippen LogP contribution in [0, 0.1) is 5.92 Å². The second kappa shape index (κ2) is 8.05. The largest absolute Gasteiger partial charge is 0.353 e. The summed E-state index contributed by atoms with van der Waals surface area (Å²) >= 11 is 0. The van der Waals surface area contributed by atoms with Gasteiger partial charge in [0.15, 0.2) is 0 Å². The van der Waals surface area contributed by atoms with Crippen LogP contribution in [0.15, 0.2) is 0 Å². The zero-order chi connectivity index (χ0) is 13.4. The molecule has 1 heterocycles. The van der Waals surface area contributed by atoms with Gasteiger partial charge in [0.25, 0.3) is 0 Å². The van der Waals surface area contributed by atoms with Crippen molar-refractivity contribution in [3.63, 3.8) is 0 Å². The van der Waals surface area contributed by atoms with E-state index in [4.69, 9.17) is 5.73 Å². The third kappa shape index (κ3) is 5.97. The van der Waals surface area contributed by atoms with Gasteiger partial charge in [-0.15, -0.1) is 0 Å². The van der Waals surface area contributed by atoms with E-state index in [1.165, 1.54) is 12.8 Å². The minimum absolute atomic E-state index is 0.00639. The van der Waals surface area contributed by atoms with Gasteiger partial charge in [0.1, 0.15) is 0 Å². The number of hydrogen-bond donors (Lipinski definition) is 3. The number of nitrogens with zero attached hydrogens (tertiary/aromatic N) is 1. The van der Waals surface area contributed by atoms with Crippen LogP contribution in [-0.2, 0) is 9.59 Å². The molecule has 0 aliphatic carbocycles. The first-order valence-electron chi connectivity index (χ1n) is 6.57. The van der Waals surface area contributed by atoms with Crippen LogP contribution in [0.1, 0.15) is 19.8 Å². The quantitative estimate of drug-likeness (QED) is 0.563. The predicted octanol–water partition coefficient (Wildman–Crippen LogP) is -1.09. The first kappa shape index (κ1) is 14.9. The summed E-state index contributed by atoms with van der Waals surface area (Å²) in [5.74, 6) is 0.273. The smallest absolute Gasteiger partial charge is 0.239 e. The number of rotatable bonds is 6. The fraction of sp³-hybridized carbons (Fsp3) is 0.833. The molecule has 1 aliphatic heterocycles. The zero-order valence-electron chi connectivity index (χ0n) is 11.1. The van der Waals surface area contributed by atoms with Gasteiger partial charge in [-0.1, -0.05) is 6.92 Å². The van der Waals surface area contributed by atoms with Crippen molar-refractivity contribution >= 4 is 11.8 Å².